The van der Waals surface area contributed by atoms with Gasteiger partial charge < -0.3 is 5.11 Å². The lowest BCUT2D eigenvalue weighted by Crippen LogP contribution is -1.96. The zero-order chi connectivity index (χ0) is 13.1. The summed E-state index contributed by atoms with van der Waals surface area (Å²) in [6, 6.07) is 4.70. The molecule has 0 amide bonds. The van der Waals surface area contributed by atoms with E-state index in [-0.39, 0.29) is 5.82 Å². The number of nitrogens with zero attached hydrogens (tertiary/aromatic N) is 2. The molecule has 6 heteroatoms. The van der Waals surface area contributed by atoms with Crippen LogP contribution in [0.15, 0.2) is 27.4 Å². The van der Waals surface area contributed by atoms with Crippen LogP contribution in [0.4, 0.5) is 4.39 Å². The van der Waals surface area contributed by atoms with Gasteiger partial charge in [-0.05, 0) is 30.1 Å². The molecule has 3 nitrogen and oxygen atoms in total. The van der Waals surface area contributed by atoms with Gasteiger partial charge in [0, 0.05) is 6.42 Å². The van der Waals surface area contributed by atoms with Gasteiger partial charge in [0.15, 0.2) is 4.34 Å². The van der Waals surface area contributed by atoms with E-state index in [4.69, 9.17) is 0 Å². The van der Waals surface area contributed by atoms with Gasteiger partial charge in [0.1, 0.15) is 11.6 Å². The van der Waals surface area contributed by atoms with E-state index in [2.05, 4.69) is 9.36 Å². The van der Waals surface area contributed by atoms with Gasteiger partial charge in [0.2, 0.25) is 0 Å². The van der Waals surface area contributed by atoms with Crippen LogP contribution < -0.4 is 0 Å². The first-order valence-corrected chi connectivity index (χ1v) is 7.17. The summed E-state index contributed by atoms with van der Waals surface area (Å²) in [5.41, 5.74) is 0.577. The summed E-state index contributed by atoms with van der Waals surface area (Å²) in [5, 5.41) is 9.65. The average molecular weight is 284 g/mol. The van der Waals surface area contributed by atoms with Crippen molar-refractivity contribution in [3.63, 3.8) is 0 Å². The highest BCUT2D eigenvalue weighted by atomic mass is 32.2. The summed E-state index contributed by atoms with van der Waals surface area (Å²) in [4.78, 5) is 4.71. The normalized spacial score (nSPS) is 12.7. The lowest BCUT2D eigenvalue weighted by Gasteiger charge is -2.10. The summed E-state index contributed by atoms with van der Waals surface area (Å²) in [6.45, 7) is 3.59. The number of hydrogen-bond donors (Lipinski definition) is 1. The van der Waals surface area contributed by atoms with Crippen LogP contribution in [0.25, 0.3) is 0 Å². The Balaban J connectivity index is 2.33. The molecule has 1 aromatic carbocycles. The van der Waals surface area contributed by atoms with Gasteiger partial charge in [-0.15, -0.1) is 0 Å². The molecule has 1 heterocycles. The molecule has 1 unspecified atom stereocenters. The first-order chi connectivity index (χ1) is 8.61. The molecule has 1 N–H and O–H groups in total. The van der Waals surface area contributed by atoms with E-state index in [1.807, 2.05) is 6.92 Å². The van der Waals surface area contributed by atoms with Crippen molar-refractivity contribution in [1.29, 1.82) is 0 Å². The Bertz CT molecular complexity index is 543. The van der Waals surface area contributed by atoms with E-state index in [0.717, 1.165) is 12.2 Å². The summed E-state index contributed by atoms with van der Waals surface area (Å²) in [6.07, 6.45) is 0.0548. The summed E-state index contributed by atoms with van der Waals surface area (Å²) in [5.74, 6) is 0.420. The zero-order valence-corrected chi connectivity index (χ0v) is 11.7. The number of aromatic nitrogens is 2. The Hall–Kier alpha value is -0.980. The second kappa shape index (κ2) is 5.77. The number of halogens is 1. The molecule has 0 spiro atoms. The fraction of sp³-hybridized carbons (Fsp3) is 0.333. The van der Waals surface area contributed by atoms with Gasteiger partial charge in [-0.2, -0.15) is 4.37 Å². The fourth-order valence-electron chi connectivity index (χ4n) is 1.47. The van der Waals surface area contributed by atoms with Crippen molar-refractivity contribution < 1.29 is 9.50 Å². The van der Waals surface area contributed by atoms with Crippen molar-refractivity contribution in [2.45, 2.75) is 35.6 Å². The SMILES string of the molecule is CCc1nsc(Sc2c(F)cccc2C(C)O)n1. The first kappa shape index (κ1) is 13.5. The molecule has 0 saturated heterocycles. The summed E-state index contributed by atoms with van der Waals surface area (Å²) >= 11 is 2.47. The van der Waals surface area contributed by atoms with Crippen LogP contribution in [0.5, 0.6) is 0 Å². The monoisotopic (exact) mass is 284 g/mol. The predicted molar refractivity (Wildman–Crippen MR) is 70.4 cm³/mol. The number of benzene rings is 1. The number of aryl methyl sites for hydroxylation is 1. The minimum atomic E-state index is -0.707. The van der Waals surface area contributed by atoms with Crippen molar-refractivity contribution in [2.24, 2.45) is 0 Å². The van der Waals surface area contributed by atoms with Gasteiger partial charge >= 0.3 is 0 Å². The highest BCUT2D eigenvalue weighted by Crippen LogP contribution is 2.36. The topological polar surface area (TPSA) is 46.0 Å². The zero-order valence-electron chi connectivity index (χ0n) is 10.1. The molecule has 0 aliphatic heterocycles. The van der Waals surface area contributed by atoms with Crippen LogP contribution in [0.1, 0.15) is 31.3 Å². The molecule has 1 atom stereocenters. The van der Waals surface area contributed by atoms with Crippen LogP contribution in [0.2, 0.25) is 0 Å². The molecule has 0 aliphatic carbocycles. The maximum absolute atomic E-state index is 13.8. The highest BCUT2D eigenvalue weighted by molar-refractivity contribution is 8.01. The molecule has 0 bridgehead atoms. The van der Waals surface area contributed by atoms with Gasteiger partial charge in [0.25, 0.3) is 0 Å². The molecule has 96 valence electrons. The molecule has 2 aromatic rings. The second-order valence-electron chi connectivity index (χ2n) is 3.77. The number of aliphatic hydroxyl groups is 1. The van der Waals surface area contributed by atoms with Crippen LogP contribution >= 0.6 is 23.3 Å². The summed E-state index contributed by atoms with van der Waals surface area (Å²) in [7, 11) is 0. The first-order valence-electron chi connectivity index (χ1n) is 5.58. The Labute approximate surface area is 113 Å². The van der Waals surface area contributed by atoms with Crippen LogP contribution in [-0.4, -0.2) is 14.5 Å². The fourth-order valence-corrected chi connectivity index (χ4v) is 3.33. The van der Waals surface area contributed by atoms with E-state index in [1.165, 1.54) is 29.4 Å². The number of hydrogen-bond acceptors (Lipinski definition) is 5. The Morgan fingerprint density at radius 2 is 2.28 bits per heavy atom. The van der Waals surface area contributed by atoms with Crippen LogP contribution in [0, 0.1) is 5.82 Å². The third-order valence-corrected chi connectivity index (χ3v) is 4.33. The van der Waals surface area contributed by atoms with E-state index >= 15 is 0 Å². The molecule has 0 aliphatic rings. The molecule has 0 radical (unpaired) electrons. The molecule has 0 saturated carbocycles. The van der Waals surface area contributed by atoms with Crippen molar-refractivity contribution in [2.75, 3.05) is 0 Å². The Kier molecular flexibility index (Phi) is 4.31. The van der Waals surface area contributed by atoms with E-state index in [9.17, 15) is 9.50 Å². The van der Waals surface area contributed by atoms with E-state index in [0.29, 0.717) is 14.8 Å². The van der Waals surface area contributed by atoms with Crippen molar-refractivity contribution in [3.05, 3.63) is 35.4 Å². The average Bonchev–Trinajstić information content (AvgIpc) is 2.79. The maximum atomic E-state index is 13.8. The smallest absolute Gasteiger partial charge is 0.174 e. The third-order valence-electron chi connectivity index (χ3n) is 2.40. The number of aliphatic hydroxyl groups excluding tert-OH is 1. The molecule has 1 aromatic heterocycles. The predicted octanol–water partition coefficient (Wildman–Crippen LogP) is 3.44. The van der Waals surface area contributed by atoms with Gasteiger partial charge in [-0.1, -0.05) is 30.8 Å². The van der Waals surface area contributed by atoms with Crippen molar-refractivity contribution in [1.82, 2.24) is 9.36 Å². The molecule has 2 rings (SSSR count). The molecule has 0 fully saturated rings. The van der Waals surface area contributed by atoms with Crippen LogP contribution in [0.3, 0.4) is 0 Å². The maximum Gasteiger partial charge on any atom is 0.174 e. The van der Waals surface area contributed by atoms with Gasteiger partial charge in [-0.3, -0.25) is 0 Å². The number of rotatable bonds is 4. The van der Waals surface area contributed by atoms with Gasteiger partial charge in [0.05, 0.1) is 11.0 Å². The van der Waals surface area contributed by atoms with Gasteiger partial charge in [-0.25, -0.2) is 9.37 Å². The minimum absolute atomic E-state index is 0.341. The largest absolute Gasteiger partial charge is 0.389 e. The highest BCUT2D eigenvalue weighted by Gasteiger charge is 2.15. The third kappa shape index (κ3) is 2.88. The standard InChI is InChI=1S/C12H13FN2OS2/c1-3-10-14-12(18-15-10)17-11-8(7(2)16)5-4-6-9(11)13/h4-7,16H,3H2,1-2H3. The molecular weight excluding hydrogens is 271 g/mol. The van der Waals surface area contributed by atoms with E-state index < -0.39 is 6.10 Å². The lowest BCUT2D eigenvalue weighted by molar-refractivity contribution is 0.195. The van der Waals surface area contributed by atoms with Crippen LogP contribution in [-0.2, 0) is 6.42 Å². The van der Waals surface area contributed by atoms with Crippen molar-refractivity contribution >= 4 is 23.3 Å². The molecule has 18 heavy (non-hydrogen) atoms. The molecular formula is C12H13FN2OS2. The summed E-state index contributed by atoms with van der Waals surface area (Å²) < 4.78 is 18.7. The van der Waals surface area contributed by atoms with E-state index in [1.54, 1.807) is 19.1 Å². The second-order valence-corrected chi connectivity index (χ2v) is 5.78. The Morgan fingerprint density at radius 1 is 1.50 bits per heavy atom. The lowest BCUT2D eigenvalue weighted by atomic mass is 10.1. The quantitative estimate of drug-likeness (QED) is 0.934. The van der Waals surface area contributed by atoms with Crippen molar-refractivity contribution in [3.8, 4) is 0 Å². The Morgan fingerprint density at radius 3 is 2.89 bits per heavy atom. The minimum Gasteiger partial charge on any atom is -0.389 e.